The van der Waals surface area contributed by atoms with Crippen molar-refractivity contribution in [3.63, 3.8) is 0 Å². The van der Waals surface area contributed by atoms with Crippen LogP contribution in [0.2, 0.25) is 5.02 Å². The number of rotatable bonds is 7. The van der Waals surface area contributed by atoms with Gasteiger partial charge >= 0.3 is 5.97 Å². The molecule has 2 aromatic rings. The SMILES string of the molecule is CCOc1ccc([N+](=O)[O-])c(C(CC)(C(=O)O)c2ccccc2Cl)c1. The van der Waals surface area contributed by atoms with Crippen molar-refractivity contribution in [2.75, 3.05) is 6.61 Å². The molecule has 1 atom stereocenters. The van der Waals surface area contributed by atoms with Crippen molar-refractivity contribution >= 4 is 23.3 Å². The van der Waals surface area contributed by atoms with Crippen LogP contribution in [0.5, 0.6) is 5.75 Å². The Labute approximate surface area is 150 Å². The molecule has 2 aromatic carbocycles. The highest BCUT2D eigenvalue weighted by atomic mass is 35.5. The van der Waals surface area contributed by atoms with E-state index in [9.17, 15) is 20.0 Å². The van der Waals surface area contributed by atoms with E-state index in [0.29, 0.717) is 17.9 Å². The first kappa shape index (κ1) is 18.7. The maximum Gasteiger partial charge on any atom is 0.318 e. The Balaban J connectivity index is 2.87. The van der Waals surface area contributed by atoms with E-state index >= 15 is 0 Å². The van der Waals surface area contributed by atoms with Gasteiger partial charge < -0.3 is 9.84 Å². The van der Waals surface area contributed by atoms with Crippen LogP contribution in [0.25, 0.3) is 0 Å². The zero-order valence-corrected chi connectivity index (χ0v) is 14.6. The molecule has 0 saturated heterocycles. The first-order valence-corrected chi connectivity index (χ1v) is 8.16. The van der Waals surface area contributed by atoms with Crippen LogP contribution < -0.4 is 4.74 Å². The molecule has 1 N–H and O–H groups in total. The number of hydrogen-bond donors (Lipinski definition) is 1. The number of carboxylic acid groups (broad SMARTS) is 1. The molecular formula is C18H18ClNO5. The lowest BCUT2D eigenvalue weighted by Crippen LogP contribution is -2.37. The van der Waals surface area contributed by atoms with Crippen LogP contribution >= 0.6 is 11.6 Å². The molecule has 6 nitrogen and oxygen atoms in total. The van der Waals surface area contributed by atoms with Crippen LogP contribution in [-0.2, 0) is 10.2 Å². The highest BCUT2D eigenvalue weighted by Crippen LogP contribution is 2.44. The zero-order chi connectivity index (χ0) is 18.6. The molecule has 0 aromatic heterocycles. The van der Waals surface area contributed by atoms with Crippen LogP contribution in [0.3, 0.4) is 0 Å². The maximum atomic E-state index is 12.3. The van der Waals surface area contributed by atoms with E-state index in [-0.39, 0.29) is 22.7 Å². The van der Waals surface area contributed by atoms with Crippen molar-refractivity contribution in [1.82, 2.24) is 0 Å². The maximum absolute atomic E-state index is 12.3. The van der Waals surface area contributed by atoms with Crippen LogP contribution in [0.4, 0.5) is 5.69 Å². The number of carbonyl (C=O) groups is 1. The summed E-state index contributed by atoms with van der Waals surface area (Å²) >= 11 is 6.25. The number of carboxylic acids is 1. The fraction of sp³-hybridized carbons (Fsp3) is 0.278. The minimum Gasteiger partial charge on any atom is -0.494 e. The fourth-order valence-electron chi connectivity index (χ4n) is 2.99. The molecule has 0 saturated carbocycles. The summed E-state index contributed by atoms with van der Waals surface area (Å²) < 4.78 is 5.42. The topological polar surface area (TPSA) is 89.7 Å². The Morgan fingerprint density at radius 3 is 2.44 bits per heavy atom. The summed E-state index contributed by atoms with van der Waals surface area (Å²) in [4.78, 5) is 23.3. The molecule has 0 radical (unpaired) electrons. The number of nitro benzene ring substituents is 1. The van der Waals surface area contributed by atoms with Crippen molar-refractivity contribution in [2.24, 2.45) is 0 Å². The smallest absolute Gasteiger partial charge is 0.318 e. The first-order valence-electron chi connectivity index (χ1n) is 7.78. The summed E-state index contributed by atoms with van der Waals surface area (Å²) in [5.41, 5.74) is -1.59. The molecule has 0 spiro atoms. The van der Waals surface area contributed by atoms with Gasteiger partial charge in [-0.05, 0) is 37.1 Å². The van der Waals surface area contributed by atoms with E-state index in [1.54, 1.807) is 38.1 Å². The number of nitrogens with zero attached hydrogens (tertiary/aromatic N) is 1. The molecule has 1 unspecified atom stereocenters. The van der Waals surface area contributed by atoms with E-state index in [0.717, 1.165) is 0 Å². The summed E-state index contributed by atoms with van der Waals surface area (Å²) in [6.45, 7) is 3.80. The average molecular weight is 364 g/mol. The van der Waals surface area contributed by atoms with Crippen molar-refractivity contribution in [2.45, 2.75) is 25.7 Å². The Bertz CT molecular complexity index is 808. The third-order valence-electron chi connectivity index (χ3n) is 4.16. The average Bonchev–Trinajstić information content (AvgIpc) is 2.57. The van der Waals surface area contributed by atoms with Crippen molar-refractivity contribution in [3.05, 3.63) is 68.7 Å². The molecule has 0 bridgehead atoms. The quantitative estimate of drug-likeness (QED) is 0.580. The molecule has 0 heterocycles. The lowest BCUT2D eigenvalue weighted by Gasteiger charge is -2.30. The van der Waals surface area contributed by atoms with Gasteiger partial charge in [0.2, 0.25) is 0 Å². The minimum absolute atomic E-state index is 0.0477. The van der Waals surface area contributed by atoms with Crippen molar-refractivity contribution in [3.8, 4) is 5.75 Å². The zero-order valence-electron chi connectivity index (χ0n) is 13.9. The monoisotopic (exact) mass is 363 g/mol. The van der Waals surface area contributed by atoms with Crippen LogP contribution in [-0.4, -0.2) is 22.6 Å². The van der Waals surface area contributed by atoms with Gasteiger partial charge in [0.05, 0.1) is 17.1 Å². The van der Waals surface area contributed by atoms with Gasteiger partial charge in [-0.25, -0.2) is 0 Å². The van der Waals surface area contributed by atoms with E-state index in [1.165, 1.54) is 18.2 Å². The second-order valence-corrected chi connectivity index (χ2v) is 5.82. The molecule has 0 amide bonds. The predicted molar refractivity (Wildman–Crippen MR) is 94.4 cm³/mol. The molecule has 7 heteroatoms. The Morgan fingerprint density at radius 2 is 1.92 bits per heavy atom. The normalized spacial score (nSPS) is 13.1. The van der Waals surface area contributed by atoms with E-state index < -0.39 is 16.3 Å². The molecule has 0 aliphatic rings. The second-order valence-electron chi connectivity index (χ2n) is 5.41. The molecular weight excluding hydrogens is 346 g/mol. The standard InChI is InChI=1S/C18H18ClNO5/c1-3-18(17(21)22,13-7-5-6-8-15(13)19)14-11-12(25-4-2)9-10-16(14)20(23)24/h5-11H,3-4H2,1-2H3,(H,21,22). The van der Waals surface area contributed by atoms with Gasteiger partial charge in [-0.1, -0.05) is 36.7 Å². The van der Waals surface area contributed by atoms with E-state index in [1.807, 2.05) is 0 Å². The van der Waals surface area contributed by atoms with Gasteiger partial charge in [-0.3, -0.25) is 14.9 Å². The van der Waals surface area contributed by atoms with Gasteiger partial charge in [0.15, 0.2) is 0 Å². The van der Waals surface area contributed by atoms with Crippen LogP contribution in [0, 0.1) is 10.1 Å². The van der Waals surface area contributed by atoms with Gasteiger partial charge in [-0.2, -0.15) is 0 Å². The summed E-state index contributed by atoms with van der Waals surface area (Å²) in [6, 6.07) is 10.6. The Morgan fingerprint density at radius 1 is 1.24 bits per heavy atom. The molecule has 0 aliphatic heterocycles. The van der Waals surface area contributed by atoms with Crippen LogP contribution in [0.1, 0.15) is 31.4 Å². The Hall–Kier alpha value is -2.60. The van der Waals surface area contributed by atoms with Gasteiger partial charge in [0, 0.05) is 11.1 Å². The lowest BCUT2D eigenvalue weighted by molar-refractivity contribution is -0.386. The number of aliphatic carboxylic acids is 1. The predicted octanol–water partition coefficient (Wildman–Crippen LogP) is 4.43. The third-order valence-corrected chi connectivity index (χ3v) is 4.49. The first-order chi connectivity index (χ1) is 11.9. The fourth-order valence-corrected chi connectivity index (χ4v) is 3.28. The largest absolute Gasteiger partial charge is 0.494 e. The molecule has 0 fully saturated rings. The molecule has 25 heavy (non-hydrogen) atoms. The number of ether oxygens (including phenoxy) is 1. The van der Waals surface area contributed by atoms with Crippen molar-refractivity contribution in [1.29, 1.82) is 0 Å². The summed E-state index contributed by atoms with van der Waals surface area (Å²) in [6.07, 6.45) is 0.0858. The van der Waals surface area contributed by atoms with E-state index in [2.05, 4.69) is 0 Å². The van der Waals surface area contributed by atoms with E-state index in [4.69, 9.17) is 16.3 Å². The van der Waals surface area contributed by atoms with Crippen molar-refractivity contribution < 1.29 is 19.6 Å². The number of hydrogen-bond acceptors (Lipinski definition) is 4. The second kappa shape index (κ2) is 7.53. The van der Waals surface area contributed by atoms with Gasteiger partial charge in [0.25, 0.3) is 5.69 Å². The highest BCUT2D eigenvalue weighted by molar-refractivity contribution is 6.31. The Kier molecular flexibility index (Phi) is 5.64. The molecule has 2 rings (SSSR count). The summed E-state index contributed by atoms with van der Waals surface area (Å²) in [5.74, 6) is -0.839. The summed E-state index contributed by atoms with van der Waals surface area (Å²) in [5, 5.41) is 21.8. The summed E-state index contributed by atoms with van der Waals surface area (Å²) in [7, 11) is 0. The highest BCUT2D eigenvalue weighted by Gasteiger charge is 2.46. The van der Waals surface area contributed by atoms with Crippen LogP contribution in [0.15, 0.2) is 42.5 Å². The number of benzene rings is 2. The number of nitro groups is 1. The minimum atomic E-state index is -1.66. The molecule has 0 aliphatic carbocycles. The van der Waals surface area contributed by atoms with Gasteiger partial charge in [-0.15, -0.1) is 0 Å². The molecule has 132 valence electrons. The lowest BCUT2D eigenvalue weighted by atomic mass is 9.71. The number of halogens is 1. The van der Waals surface area contributed by atoms with Gasteiger partial charge in [0.1, 0.15) is 11.2 Å². The third kappa shape index (κ3) is 3.30.